The fourth-order valence-corrected chi connectivity index (χ4v) is 4.00. The van der Waals surface area contributed by atoms with Gasteiger partial charge in [0.05, 0.1) is 18.4 Å². The van der Waals surface area contributed by atoms with Gasteiger partial charge in [-0.15, -0.1) is 10.2 Å². The molecule has 0 radical (unpaired) electrons. The summed E-state index contributed by atoms with van der Waals surface area (Å²) in [5, 5.41) is 23.5. The second-order valence-corrected chi connectivity index (χ2v) is 7.79. The molecule has 0 fully saturated rings. The third-order valence-corrected chi connectivity index (χ3v) is 5.74. The number of nitrogens with zero attached hydrogens (tertiary/aromatic N) is 3. The van der Waals surface area contributed by atoms with Crippen LogP contribution in [0.1, 0.15) is 26.4 Å². The minimum Gasteiger partial charge on any atom is -0.505 e. The van der Waals surface area contributed by atoms with Crippen LogP contribution in [-0.4, -0.2) is 28.4 Å². The molecular weight excluding hydrogens is 442 g/mol. The lowest BCUT2D eigenvalue weighted by Crippen LogP contribution is -2.12. The van der Waals surface area contributed by atoms with E-state index in [0.29, 0.717) is 27.9 Å². The summed E-state index contributed by atoms with van der Waals surface area (Å²) in [6.45, 7) is 1.65. The Morgan fingerprint density at radius 3 is 2.55 bits per heavy atom. The van der Waals surface area contributed by atoms with Crippen molar-refractivity contribution in [2.75, 3.05) is 12.4 Å². The van der Waals surface area contributed by atoms with E-state index in [4.69, 9.17) is 10.5 Å². The molecule has 2 amide bonds. The molecule has 0 aliphatic carbocycles. The number of nitrogens with two attached hydrogens (primary N) is 1. The molecule has 0 unspecified atom stereocenters. The lowest BCUT2D eigenvalue weighted by molar-refractivity contribution is 0.0997. The first-order valence-corrected chi connectivity index (χ1v) is 10.5. The summed E-state index contributed by atoms with van der Waals surface area (Å²) in [6.07, 6.45) is 0. The molecule has 0 saturated carbocycles. The van der Waals surface area contributed by atoms with Gasteiger partial charge in [0.15, 0.2) is 10.8 Å². The third kappa shape index (κ3) is 4.37. The number of phenolic OH excluding ortho intramolecular Hbond substituents is 1. The van der Waals surface area contributed by atoms with Gasteiger partial charge in [-0.25, -0.2) is 0 Å². The number of primary amides is 1. The lowest BCUT2D eigenvalue weighted by Gasteiger charge is -2.11. The normalized spacial score (nSPS) is 11.1. The van der Waals surface area contributed by atoms with E-state index in [1.54, 1.807) is 62.6 Å². The maximum absolute atomic E-state index is 13.0. The Balaban J connectivity index is 1.76. The highest BCUT2D eigenvalue weighted by atomic mass is 32.1. The summed E-state index contributed by atoms with van der Waals surface area (Å²) in [5.74, 6) is -0.883. The van der Waals surface area contributed by atoms with Gasteiger partial charge in [0.25, 0.3) is 11.8 Å². The van der Waals surface area contributed by atoms with Crippen LogP contribution in [0.4, 0.5) is 16.4 Å². The number of hydrogen-bond donors (Lipinski definition) is 3. The predicted octanol–water partition coefficient (Wildman–Crippen LogP) is 5.09. The molecule has 4 rings (SSSR count). The predicted molar refractivity (Wildman–Crippen MR) is 126 cm³/mol. The Morgan fingerprint density at radius 1 is 1.12 bits per heavy atom. The van der Waals surface area contributed by atoms with Crippen molar-refractivity contribution in [3.8, 4) is 11.5 Å². The van der Waals surface area contributed by atoms with E-state index in [2.05, 4.69) is 19.9 Å². The van der Waals surface area contributed by atoms with Crippen LogP contribution in [0.2, 0.25) is 0 Å². The van der Waals surface area contributed by atoms with Gasteiger partial charge in [-0.2, -0.15) is 4.37 Å². The number of carbonyl (C=O) groups excluding carboxylic acids is 2. The minimum absolute atomic E-state index is 0.0223. The van der Waals surface area contributed by atoms with Crippen molar-refractivity contribution in [1.29, 1.82) is 0 Å². The van der Waals surface area contributed by atoms with E-state index in [1.807, 2.05) is 6.07 Å². The third-order valence-electron chi connectivity index (χ3n) is 4.92. The Morgan fingerprint density at radius 2 is 1.85 bits per heavy atom. The van der Waals surface area contributed by atoms with Gasteiger partial charge in [0, 0.05) is 11.1 Å². The van der Waals surface area contributed by atoms with Crippen LogP contribution in [0.3, 0.4) is 0 Å². The molecule has 0 aliphatic heterocycles. The van der Waals surface area contributed by atoms with Crippen LogP contribution >= 0.6 is 11.5 Å². The molecule has 166 valence electrons. The first kappa shape index (κ1) is 21.9. The van der Waals surface area contributed by atoms with Crippen molar-refractivity contribution in [2.45, 2.75) is 6.92 Å². The topological polar surface area (TPSA) is 139 Å². The van der Waals surface area contributed by atoms with Crippen LogP contribution in [0.5, 0.6) is 11.5 Å². The van der Waals surface area contributed by atoms with E-state index >= 15 is 0 Å². The Bertz CT molecular complexity index is 1400. The largest absolute Gasteiger partial charge is 0.505 e. The molecule has 4 aromatic rings. The first-order chi connectivity index (χ1) is 15.9. The van der Waals surface area contributed by atoms with E-state index in [1.165, 1.54) is 0 Å². The van der Waals surface area contributed by atoms with Gasteiger partial charge in [-0.1, -0.05) is 24.3 Å². The first-order valence-electron chi connectivity index (χ1n) is 9.77. The number of carbonyl (C=O) groups is 2. The zero-order valence-corrected chi connectivity index (χ0v) is 18.5. The molecular formula is C23H19N5O4S. The molecule has 10 heteroatoms. The number of anilines is 1. The van der Waals surface area contributed by atoms with Crippen LogP contribution in [0, 0.1) is 6.92 Å². The molecule has 33 heavy (non-hydrogen) atoms. The standard InChI is InChI=1S/C23H19N5O4S/c1-12-18(21(24)30)23(33-28-12)27-26-19-16-6-4-3-5-13(16)11-17(20(19)29)22(31)25-14-7-9-15(32-2)10-8-14/h3-11,29H,1-2H3,(H2,24,30)(H,25,31)/b27-26+. The number of aromatic nitrogens is 1. The number of nitrogens with one attached hydrogen (secondary N) is 1. The highest BCUT2D eigenvalue weighted by Gasteiger charge is 2.20. The quantitative estimate of drug-likeness (QED) is 0.343. The maximum Gasteiger partial charge on any atom is 0.259 e. The number of fused-ring (bicyclic) bond motifs is 1. The average molecular weight is 462 g/mol. The number of amides is 2. The van der Waals surface area contributed by atoms with Gasteiger partial charge in [-0.05, 0) is 54.2 Å². The highest BCUT2D eigenvalue weighted by molar-refractivity contribution is 7.10. The van der Waals surface area contributed by atoms with Crippen LogP contribution < -0.4 is 15.8 Å². The zero-order valence-electron chi connectivity index (χ0n) is 17.7. The Labute approximate surface area is 192 Å². The summed E-state index contributed by atoms with van der Waals surface area (Å²) in [5.41, 5.74) is 6.68. The second kappa shape index (κ2) is 9.05. The number of rotatable bonds is 6. The van der Waals surface area contributed by atoms with E-state index in [-0.39, 0.29) is 27.6 Å². The van der Waals surface area contributed by atoms with Gasteiger partial charge in [0.2, 0.25) is 0 Å². The summed E-state index contributed by atoms with van der Waals surface area (Å²) in [6, 6.07) is 15.5. The van der Waals surface area contributed by atoms with E-state index < -0.39 is 11.8 Å². The fourth-order valence-electron chi connectivity index (χ4n) is 3.27. The monoisotopic (exact) mass is 461 g/mol. The van der Waals surface area contributed by atoms with Gasteiger partial charge >= 0.3 is 0 Å². The minimum atomic E-state index is -0.670. The van der Waals surface area contributed by atoms with Crippen molar-refractivity contribution >= 4 is 50.5 Å². The average Bonchev–Trinajstić information content (AvgIpc) is 3.19. The summed E-state index contributed by atoms with van der Waals surface area (Å²) < 4.78 is 9.21. The Kier molecular flexibility index (Phi) is 6.01. The van der Waals surface area contributed by atoms with Crippen molar-refractivity contribution < 1.29 is 19.4 Å². The summed E-state index contributed by atoms with van der Waals surface area (Å²) in [4.78, 5) is 24.7. The number of methoxy groups -OCH3 is 1. The molecule has 1 heterocycles. The van der Waals surface area contributed by atoms with Crippen molar-refractivity contribution in [1.82, 2.24) is 4.37 Å². The van der Waals surface area contributed by atoms with Gasteiger partial charge in [-0.3, -0.25) is 9.59 Å². The summed E-state index contributed by atoms with van der Waals surface area (Å²) >= 11 is 0.968. The van der Waals surface area contributed by atoms with Crippen molar-refractivity contribution in [3.63, 3.8) is 0 Å². The lowest BCUT2D eigenvalue weighted by atomic mass is 10.0. The molecule has 0 spiro atoms. The molecule has 3 aromatic carbocycles. The van der Waals surface area contributed by atoms with Gasteiger partial charge in [0.1, 0.15) is 17.0 Å². The number of hydrogen-bond acceptors (Lipinski definition) is 8. The number of aromatic hydroxyl groups is 1. The highest BCUT2D eigenvalue weighted by Crippen LogP contribution is 2.40. The molecule has 9 nitrogen and oxygen atoms in total. The SMILES string of the molecule is COc1ccc(NC(=O)c2cc3ccccc3c(/N=N/c3snc(C)c3C(N)=O)c2O)cc1. The number of aryl methyl sites for hydroxylation is 1. The van der Waals surface area contributed by atoms with E-state index in [0.717, 1.165) is 11.5 Å². The Hall–Kier alpha value is -4.31. The van der Waals surface area contributed by atoms with Gasteiger partial charge < -0.3 is 20.9 Å². The van der Waals surface area contributed by atoms with Crippen LogP contribution in [0.15, 0.2) is 64.8 Å². The molecule has 1 aromatic heterocycles. The molecule has 0 saturated heterocycles. The second-order valence-electron chi connectivity index (χ2n) is 7.04. The smallest absolute Gasteiger partial charge is 0.259 e. The maximum atomic E-state index is 13.0. The number of benzene rings is 3. The molecule has 0 bridgehead atoms. The van der Waals surface area contributed by atoms with Crippen molar-refractivity contribution in [3.05, 3.63) is 71.4 Å². The fraction of sp³-hybridized carbons (Fsp3) is 0.0870. The summed E-state index contributed by atoms with van der Waals surface area (Å²) in [7, 11) is 1.55. The van der Waals surface area contributed by atoms with Crippen molar-refractivity contribution in [2.24, 2.45) is 16.0 Å². The number of phenols is 1. The number of azo groups is 1. The van der Waals surface area contributed by atoms with E-state index in [9.17, 15) is 14.7 Å². The number of ether oxygens (including phenoxy) is 1. The van der Waals surface area contributed by atoms with Crippen LogP contribution in [-0.2, 0) is 0 Å². The molecule has 0 aliphatic rings. The van der Waals surface area contributed by atoms with Crippen LogP contribution in [0.25, 0.3) is 10.8 Å². The molecule has 4 N–H and O–H groups in total. The zero-order chi connectivity index (χ0) is 23.5. The molecule has 0 atom stereocenters.